The van der Waals surface area contributed by atoms with Crippen LogP contribution in [-0.4, -0.2) is 34.1 Å². The molecular formula is C16H21N3O. The number of aromatic amines is 1. The number of rotatable bonds is 4. The molecule has 0 bridgehead atoms. The molecule has 0 saturated carbocycles. The van der Waals surface area contributed by atoms with E-state index in [0.717, 1.165) is 11.3 Å². The van der Waals surface area contributed by atoms with Crippen LogP contribution in [0.3, 0.4) is 0 Å². The summed E-state index contributed by atoms with van der Waals surface area (Å²) in [7, 11) is 1.83. The Labute approximate surface area is 119 Å². The highest BCUT2D eigenvalue weighted by Crippen LogP contribution is 2.18. The van der Waals surface area contributed by atoms with Crippen LogP contribution in [0.4, 0.5) is 0 Å². The second-order valence-electron chi connectivity index (χ2n) is 5.43. The first-order valence-corrected chi connectivity index (χ1v) is 6.88. The third kappa shape index (κ3) is 2.90. The Morgan fingerprint density at radius 2 is 1.85 bits per heavy atom. The lowest BCUT2D eigenvalue weighted by molar-refractivity contribution is 0.0701. The summed E-state index contributed by atoms with van der Waals surface area (Å²) in [6, 6.07) is 11.8. The van der Waals surface area contributed by atoms with Gasteiger partial charge in [0.15, 0.2) is 0 Å². The van der Waals surface area contributed by atoms with Gasteiger partial charge >= 0.3 is 0 Å². The average Bonchev–Trinajstić information content (AvgIpc) is 2.95. The third-order valence-electron chi connectivity index (χ3n) is 3.77. The van der Waals surface area contributed by atoms with E-state index in [0.29, 0.717) is 11.6 Å². The molecule has 1 atom stereocenters. The van der Waals surface area contributed by atoms with Crippen LogP contribution in [0.5, 0.6) is 0 Å². The van der Waals surface area contributed by atoms with Crippen molar-refractivity contribution in [3.63, 3.8) is 0 Å². The summed E-state index contributed by atoms with van der Waals surface area (Å²) in [5.41, 5.74) is 2.32. The zero-order valence-electron chi connectivity index (χ0n) is 12.4. The van der Waals surface area contributed by atoms with E-state index in [1.54, 1.807) is 11.0 Å². The molecule has 0 spiro atoms. The predicted molar refractivity (Wildman–Crippen MR) is 80.4 cm³/mol. The lowest BCUT2D eigenvalue weighted by Gasteiger charge is -2.27. The zero-order chi connectivity index (χ0) is 14.7. The summed E-state index contributed by atoms with van der Waals surface area (Å²) in [4.78, 5) is 14.1. The predicted octanol–water partition coefficient (Wildman–Crippen LogP) is 3.19. The molecule has 0 fully saturated rings. The highest BCUT2D eigenvalue weighted by atomic mass is 16.2. The Hall–Kier alpha value is -2.10. The smallest absolute Gasteiger partial charge is 0.271 e. The maximum absolute atomic E-state index is 12.4. The van der Waals surface area contributed by atoms with Crippen molar-refractivity contribution in [3.05, 3.63) is 42.1 Å². The molecule has 0 aliphatic carbocycles. The third-order valence-corrected chi connectivity index (χ3v) is 3.77. The second-order valence-corrected chi connectivity index (χ2v) is 5.43. The van der Waals surface area contributed by atoms with Crippen molar-refractivity contribution in [2.24, 2.45) is 5.92 Å². The van der Waals surface area contributed by atoms with Gasteiger partial charge in [-0.25, -0.2) is 0 Å². The summed E-state index contributed by atoms with van der Waals surface area (Å²) < 4.78 is 0. The summed E-state index contributed by atoms with van der Waals surface area (Å²) in [6.45, 7) is 6.27. The highest BCUT2D eigenvalue weighted by Gasteiger charge is 2.21. The SMILES string of the molecule is CC(C)[C@H](C)N(C)C(=O)c1cc(-c2ccccc2)n[nH]1. The van der Waals surface area contributed by atoms with E-state index in [1.165, 1.54) is 0 Å². The normalized spacial score (nSPS) is 12.4. The molecule has 0 saturated heterocycles. The number of nitrogens with zero attached hydrogens (tertiary/aromatic N) is 2. The molecule has 1 aromatic carbocycles. The van der Waals surface area contributed by atoms with E-state index in [9.17, 15) is 4.79 Å². The van der Waals surface area contributed by atoms with E-state index >= 15 is 0 Å². The van der Waals surface area contributed by atoms with E-state index in [-0.39, 0.29) is 11.9 Å². The van der Waals surface area contributed by atoms with Gasteiger partial charge in [0.05, 0.1) is 5.69 Å². The number of H-pyrrole nitrogens is 1. The first-order chi connectivity index (χ1) is 9.50. The molecule has 0 unspecified atom stereocenters. The van der Waals surface area contributed by atoms with Gasteiger partial charge in [0.25, 0.3) is 5.91 Å². The number of hydrogen-bond donors (Lipinski definition) is 1. The van der Waals surface area contributed by atoms with Crippen LogP contribution in [0.25, 0.3) is 11.3 Å². The Morgan fingerprint density at radius 3 is 2.45 bits per heavy atom. The molecule has 1 N–H and O–H groups in total. The molecule has 0 aliphatic rings. The van der Waals surface area contributed by atoms with Gasteiger partial charge in [-0.2, -0.15) is 5.10 Å². The molecule has 0 aliphatic heterocycles. The standard InChI is InChI=1S/C16H21N3O/c1-11(2)12(3)19(4)16(20)15-10-14(17-18-15)13-8-6-5-7-9-13/h5-12H,1-4H3,(H,17,18)/t12-/m0/s1. The monoisotopic (exact) mass is 271 g/mol. The molecule has 2 aromatic rings. The fraction of sp³-hybridized carbons (Fsp3) is 0.375. The van der Waals surface area contributed by atoms with Crippen molar-refractivity contribution >= 4 is 5.91 Å². The molecule has 4 heteroatoms. The second kappa shape index (κ2) is 5.90. The maximum atomic E-state index is 12.4. The molecule has 106 valence electrons. The Kier molecular flexibility index (Phi) is 4.23. The number of carbonyl (C=O) groups is 1. The number of aromatic nitrogens is 2. The van der Waals surface area contributed by atoms with Gasteiger partial charge in [-0.3, -0.25) is 9.89 Å². The fourth-order valence-electron chi connectivity index (χ4n) is 2.01. The quantitative estimate of drug-likeness (QED) is 0.928. The number of nitrogens with one attached hydrogen (secondary N) is 1. The molecule has 2 rings (SSSR count). The Bertz CT molecular complexity index is 574. The van der Waals surface area contributed by atoms with Crippen molar-refractivity contribution in [1.82, 2.24) is 15.1 Å². The van der Waals surface area contributed by atoms with Gasteiger partial charge in [-0.1, -0.05) is 44.2 Å². The van der Waals surface area contributed by atoms with E-state index in [1.807, 2.05) is 37.4 Å². The number of hydrogen-bond acceptors (Lipinski definition) is 2. The summed E-state index contributed by atoms with van der Waals surface area (Å²) in [6.07, 6.45) is 0. The minimum atomic E-state index is -0.0270. The highest BCUT2D eigenvalue weighted by molar-refractivity contribution is 5.93. The minimum Gasteiger partial charge on any atom is -0.337 e. The van der Waals surface area contributed by atoms with Crippen LogP contribution < -0.4 is 0 Å². The van der Waals surface area contributed by atoms with Crippen molar-refractivity contribution in [2.75, 3.05) is 7.05 Å². The molecule has 20 heavy (non-hydrogen) atoms. The van der Waals surface area contributed by atoms with Crippen LogP contribution in [0, 0.1) is 5.92 Å². The maximum Gasteiger partial charge on any atom is 0.271 e. The van der Waals surface area contributed by atoms with Gasteiger partial charge in [-0.05, 0) is 18.9 Å². The van der Waals surface area contributed by atoms with Gasteiger partial charge in [0.1, 0.15) is 5.69 Å². The van der Waals surface area contributed by atoms with E-state index < -0.39 is 0 Å². The van der Waals surface area contributed by atoms with Gasteiger partial charge in [-0.15, -0.1) is 0 Å². The number of carbonyl (C=O) groups excluding carboxylic acids is 1. The largest absolute Gasteiger partial charge is 0.337 e. The summed E-state index contributed by atoms with van der Waals surface area (Å²) in [5, 5.41) is 7.06. The van der Waals surface area contributed by atoms with Gasteiger partial charge < -0.3 is 4.90 Å². The minimum absolute atomic E-state index is 0.0270. The fourth-order valence-corrected chi connectivity index (χ4v) is 2.01. The molecule has 1 amide bonds. The molecule has 1 heterocycles. The summed E-state index contributed by atoms with van der Waals surface area (Å²) >= 11 is 0. The van der Waals surface area contributed by atoms with Crippen LogP contribution in [0.15, 0.2) is 36.4 Å². The van der Waals surface area contributed by atoms with Crippen LogP contribution in [0.1, 0.15) is 31.3 Å². The zero-order valence-corrected chi connectivity index (χ0v) is 12.4. The van der Waals surface area contributed by atoms with Crippen LogP contribution in [0.2, 0.25) is 0 Å². The topological polar surface area (TPSA) is 49.0 Å². The van der Waals surface area contributed by atoms with Gasteiger partial charge in [0, 0.05) is 18.7 Å². The molecule has 0 radical (unpaired) electrons. The first-order valence-electron chi connectivity index (χ1n) is 6.88. The number of benzene rings is 1. The van der Waals surface area contributed by atoms with E-state index in [4.69, 9.17) is 0 Å². The first kappa shape index (κ1) is 14.3. The van der Waals surface area contributed by atoms with Crippen LogP contribution in [-0.2, 0) is 0 Å². The molecule has 1 aromatic heterocycles. The van der Waals surface area contributed by atoms with Crippen molar-refractivity contribution < 1.29 is 4.79 Å². The van der Waals surface area contributed by atoms with Crippen molar-refractivity contribution in [2.45, 2.75) is 26.8 Å². The molecule has 4 nitrogen and oxygen atoms in total. The lowest BCUT2D eigenvalue weighted by Crippen LogP contribution is -2.38. The number of amides is 1. The Balaban J connectivity index is 2.19. The molecular weight excluding hydrogens is 250 g/mol. The van der Waals surface area contributed by atoms with Gasteiger partial charge in [0.2, 0.25) is 0 Å². The van der Waals surface area contributed by atoms with Crippen LogP contribution >= 0.6 is 0 Å². The van der Waals surface area contributed by atoms with E-state index in [2.05, 4.69) is 31.0 Å². The van der Waals surface area contributed by atoms with Crippen molar-refractivity contribution in [3.8, 4) is 11.3 Å². The lowest BCUT2D eigenvalue weighted by atomic mass is 10.0. The summed E-state index contributed by atoms with van der Waals surface area (Å²) in [5.74, 6) is 0.390. The Morgan fingerprint density at radius 1 is 1.20 bits per heavy atom. The average molecular weight is 271 g/mol. The van der Waals surface area contributed by atoms with Crippen molar-refractivity contribution in [1.29, 1.82) is 0 Å².